The number of methoxy groups -OCH3 is 1. The number of carbonyl (C=O) groups is 2. The molecule has 1 aromatic rings. The molecule has 1 unspecified atom stereocenters. The molecule has 5 aliphatic rings. The number of ether oxygens (including phenoxy) is 2. The Morgan fingerprint density at radius 2 is 2.11 bits per heavy atom. The lowest BCUT2D eigenvalue weighted by atomic mass is 9.68. The third-order valence-corrected chi connectivity index (χ3v) is 10.9. The lowest BCUT2D eigenvalue weighted by Crippen LogP contribution is -2.56. The van der Waals surface area contributed by atoms with E-state index in [9.17, 15) is 14.7 Å². The first kappa shape index (κ1) is 30.9. The first-order chi connectivity index (χ1) is 21.2. The zero-order valence-corrected chi connectivity index (χ0v) is 26.7. The predicted octanol–water partition coefficient (Wildman–Crippen LogP) is 4.28. The first-order valence-corrected chi connectivity index (χ1v) is 16.2. The first-order valence-electron chi connectivity index (χ1n) is 15.8. The molecule has 6 atom stereocenters. The molecule has 3 heterocycles. The van der Waals surface area contributed by atoms with Crippen LogP contribution in [0.1, 0.15) is 49.7 Å². The van der Waals surface area contributed by atoms with Crippen LogP contribution >= 0.6 is 11.6 Å². The van der Waals surface area contributed by atoms with E-state index in [1.165, 1.54) is 18.2 Å². The molecule has 0 radical (unpaired) electrons. The van der Waals surface area contributed by atoms with Crippen LogP contribution in [-0.4, -0.2) is 85.4 Å². The van der Waals surface area contributed by atoms with Crippen molar-refractivity contribution in [3.63, 3.8) is 0 Å². The highest BCUT2D eigenvalue weighted by Crippen LogP contribution is 2.45. The summed E-state index contributed by atoms with van der Waals surface area (Å²) in [5.41, 5.74) is 1.42. The highest BCUT2D eigenvalue weighted by molar-refractivity contribution is 6.30. The van der Waals surface area contributed by atoms with Crippen LogP contribution in [0.2, 0.25) is 5.02 Å². The minimum atomic E-state index is -2.04. The Morgan fingerprint density at radius 1 is 1.27 bits per heavy atom. The molecule has 3 aliphatic heterocycles. The van der Waals surface area contributed by atoms with Crippen molar-refractivity contribution in [2.45, 2.75) is 68.1 Å². The van der Waals surface area contributed by atoms with Crippen LogP contribution < -0.4 is 5.32 Å². The lowest BCUT2D eigenvalue weighted by Gasteiger charge is -2.50. The minimum Gasteiger partial charge on any atom is -0.500 e. The summed E-state index contributed by atoms with van der Waals surface area (Å²) >= 11 is 6.48. The zero-order chi connectivity index (χ0) is 31.1. The van der Waals surface area contributed by atoms with E-state index >= 15 is 0 Å². The average molecular weight is 622 g/mol. The molecule has 2 amide bonds. The molecule has 1 fully saturated rings. The van der Waals surface area contributed by atoms with Gasteiger partial charge in [-0.05, 0) is 91.3 Å². The summed E-state index contributed by atoms with van der Waals surface area (Å²) in [5, 5.41) is 15.3. The Hall–Kier alpha value is -3.07. The van der Waals surface area contributed by atoms with Crippen molar-refractivity contribution in [1.29, 1.82) is 0 Å². The van der Waals surface area contributed by atoms with Crippen molar-refractivity contribution in [3.8, 4) is 0 Å². The maximum Gasteiger partial charge on any atom is 0.256 e. The summed E-state index contributed by atoms with van der Waals surface area (Å²) < 4.78 is 12.3. The highest BCUT2D eigenvalue weighted by Gasteiger charge is 2.48. The molecule has 8 nitrogen and oxygen atoms in total. The number of hydrogen-bond acceptors (Lipinski definition) is 6. The number of aliphatic hydroxyl groups is 1. The van der Waals surface area contributed by atoms with Gasteiger partial charge in [-0.15, -0.1) is 0 Å². The smallest absolute Gasteiger partial charge is 0.256 e. The van der Waals surface area contributed by atoms with Gasteiger partial charge in [0.2, 0.25) is 5.91 Å². The molecule has 0 saturated heterocycles. The van der Waals surface area contributed by atoms with E-state index in [2.05, 4.69) is 34.5 Å². The van der Waals surface area contributed by atoms with Gasteiger partial charge in [0.25, 0.3) is 5.91 Å². The van der Waals surface area contributed by atoms with E-state index in [1.54, 1.807) is 37.5 Å². The van der Waals surface area contributed by atoms with Crippen molar-refractivity contribution in [1.82, 2.24) is 15.1 Å². The van der Waals surface area contributed by atoms with Gasteiger partial charge in [-0.25, -0.2) is 0 Å². The number of benzene rings is 1. The van der Waals surface area contributed by atoms with Crippen molar-refractivity contribution >= 4 is 23.4 Å². The number of allylic oxidation sites excluding steroid dienone is 2. The normalized spacial score (nSPS) is 34.4. The minimum absolute atomic E-state index is 0.0191. The Kier molecular flexibility index (Phi) is 8.70. The Balaban J connectivity index is 1.56. The number of amides is 2. The molecule has 6 rings (SSSR count). The Labute approximate surface area is 265 Å². The van der Waals surface area contributed by atoms with E-state index in [1.807, 2.05) is 12.1 Å². The number of nitrogens with zero attached hydrogens (tertiary/aromatic N) is 2. The van der Waals surface area contributed by atoms with Crippen molar-refractivity contribution in [2.24, 2.45) is 11.8 Å². The van der Waals surface area contributed by atoms with Crippen LogP contribution in [-0.2, 0) is 30.9 Å². The number of aryl methyl sites for hydroxylation is 1. The van der Waals surface area contributed by atoms with Gasteiger partial charge >= 0.3 is 0 Å². The van der Waals surface area contributed by atoms with Gasteiger partial charge in [-0.2, -0.15) is 0 Å². The number of hydrogen-bond donors (Lipinski definition) is 2. The lowest BCUT2D eigenvalue weighted by molar-refractivity contribution is -0.146. The molecule has 2 aliphatic carbocycles. The van der Waals surface area contributed by atoms with Crippen LogP contribution in [0.15, 0.2) is 66.1 Å². The van der Waals surface area contributed by atoms with Gasteiger partial charge in [0.15, 0.2) is 5.60 Å². The van der Waals surface area contributed by atoms with Crippen LogP contribution in [0.4, 0.5) is 0 Å². The quantitative estimate of drug-likeness (QED) is 0.479. The fraction of sp³-hybridized carbons (Fsp3) is 0.543. The monoisotopic (exact) mass is 621 g/mol. The van der Waals surface area contributed by atoms with Crippen LogP contribution in [0.25, 0.3) is 0 Å². The van der Waals surface area contributed by atoms with E-state index in [0.29, 0.717) is 37.0 Å². The highest BCUT2D eigenvalue weighted by atomic mass is 35.5. The average Bonchev–Trinajstić information content (AvgIpc) is 3.03. The van der Waals surface area contributed by atoms with Crippen LogP contribution in [0.3, 0.4) is 0 Å². The van der Waals surface area contributed by atoms with Crippen LogP contribution in [0, 0.1) is 11.8 Å². The second-order valence-corrected chi connectivity index (χ2v) is 13.6. The number of nitrogens with one attached hydrogen (secondary N) is 1. The van der Waals surface area contributed by atoms with E-state index in [0.717, 1.165) is 49.4 Å². The molecule has 2 bridgehead atoms. The summed E-state index contributed by atoms with van der Waals surface area (Å²) in [4.78, 5) is 31.3. The van der Waals surface area contributed by atoms with Gasteiger partial charge in [-0.1, -0.05) is 35.9 Å². The largest absolute Gasteiger partial charge is 0.500 e. The van der Waals surface area contributed by atoms with Crippen molar-refractivity contribution in [3.05, 3.63) is 82.3 Å². The molecule has 1 aromatic carbocycles. The van der Waals surface area contributed by atoms with E-state index in [-0.39, 0.29) is 29.9 Å². The summed E-state index contributed by atoms with van der Waals surface area (Å²) in [5.74, 6) is -0.137. The molecule has 1 saturated carbocycles. The number of carbonyl (C=O) groups excluding carboxylic acids is 2. The molecule has 44 heavy (non-hydrogen) atoms. The fourth-order valence-corrected chi connectivity index (χ4v) is 8.28. The van der Waals surface area contributed by atoms with Crippen molar-refractivity contribution in [2.75, 3.05) is 40.9 Å². The number of rotatable bonds is 2. The summed E-state index contributed by atoms with van der Waals surface area (Å²) in [7, 11) is 5.04. The number of fused-ring (bicyclic) bond motifs is 4. The Morgan fingerprint density at radius 3 is 2.86 bits per heavy atom. The second-order valence-electron chi connectivity index (χ2n) is 13.1. The van der Waals surface area contributed by atoms with Gasteiger partial charge in [0.1, 0.15) is 0 Å². The molecular weight excluding hydrogens is 578 g/mol. The fourth-order valence-electron chi connectivity index (χ4n) is 8.08. The standard InChI is InChI=1S/C35H44ClN3O5/c1-37-33(41)35(42)19-32(40)38(2)29-9-4-10-31(43-3)27-13-11-24(27)20-39-21-34(22-44-16-6-8-25(35)18-30(29)39)15-5-7-23-17-26(36)12-14-28(23)34/h4,6,8,10,12,14,16-18,24,27,29,31,42H,5,7,9,11,13,15,19-22H2,1-3H3,(H,37,41)/b10-4+,16-6?,25-8?,30-18?/t24-,27+,29?,31-,34-,35+/m0/s1. The van der Waals surface area contributed by atoms with Gasteiger partial charge < -0.3 is 29.7 Å². The maximum absolute atomic E-state index is 13.9. The molecule has 0 aromatic heterocycles. The van der Waals surface area contributed by atoms with Gasteiger partial charge in [0.05, 0.1) is 31.4 Å². The molecule has 2 N–H and O–H groups in total. The SMILES string of the molecule is CNC(=O)[C@@]1(O)CC(=O)N(C)C2C/C=C/[C@H](OC)[C@@H]3CC[C@H]3CN3C[C@@]4(CCCc5cc(Cl)ccc54)COC=CC=C1C=C23. The van der Waals surface area contributed by atoms with E-state index < -0.39 is 11.5 Å². The van der Waals surface area contributed by atoms with Gasteiger partial charge in [-0.3, -0.25) is 9.59 Å². The summed E-state index contributed by atoms with van der Waals surface area (Å²) in [6.45, 7) is 1.90. The molecule has 1 spiro atoms. The summed E-state index contributed by atoms with van der Waals surface area (Å²) in [6, 6.07) is 5.92. The van der Waals surface area contributed by atoms with Crippen molar-refractivity contribution < 1.29 is 24.2 Å². The maximum atomic E-state index is 13.9. The third-order valence-electron chi connectivity index (χ3n) is 10.7. The Bertz CT molecular complexity index is 1420. The summed E-state index contributed by atoms with van der Waals surface area (Å²) in [6.07, 6.45) is 16.7. The number of likely N-dealkylation sites (N-methyl/N-ethyl adjacent to an activating group) is 2. The van der Waals surface area contributed by atoms with Crippen LogP contribution in [0.5, 0.6) is 0 Å². The molecule has 236 valence electrons. The third kappa shape index (κ3) is 5.50. The van der Waals surface area contributed by atoms with Gasteiger partial charge in [0, 0.05) is 50.4 Å². The second kappa shape index (κ2) is 12.4. The van der Waals surface area contributed by atoms with E-state index in [4.69, 9.17) is 21.1 Å². The zero-order valence-electron chi connectivity index (χ0n) is 25.9. The molecule has 9 heteroatoms. The topological polar surface area (TPSA) is 91.3 Å². The molecular formula is C35H44ClN3O5. The number of halogens is 1. The predicted molar refractivity (Wildman–Crippen MR) is 170 cm³/mol.